The summed E-state index contributed by atoms with van der Waals surface area (Å²) in [4.78, 5) is 50.9. The molecule has 0 aromatic heterocycles. The van der Waals surface area contributed by atoms with Crippen molar-refractivity contribution in [1.29, 1.82) is 0 Å². The third kappa shape index (κ3) is 19.3. The Hall–Kier alpha value is -3.18. The van der Waals surface area contributed by atoms with Crippen LogP contribution in [0, 0.1) is 0 Å². The Morgan fingerprint density at radius 3 is 1.34 bits per heavy atom. The molecule has 19 heteroatoms. The molecule has 0 radical (unpaired) electrons. The summed E-state index contributed by atoms with van der Waals surface area (Å²) >= 11 is 0. The van der Waals surface area contributed by atoms with E-state index < -0.39 is 29.7 Å². The SMILES string of the molecule is NCCOCCOCCOCCOCCOCCOCCOCCOCCOCCOCCOCCNc1cccc2c1C(=O)N(C1CCC(=O)NC1=O)C2=O. The number of hydrogen-bond acceptors (Lipinski definition) is 17. The maximum absolute atomic E-state index is 13.2. The van der Waals surface area contributed by atoms with Crippen molar-refractivity contribution in [2.75, 3.05) is 164 Å². The average molecular weight is 801 g/mol. The fourth-order valence-electron chi connectivity index (χ4n) is 5.30. The molecule has 1 aromatic carbocycles. The number of carbonyl (C=O) groups excluding carboxylic acids is 4. The zero-order chi connectivity index (χ0) is 39.9. The standard InChI is InChI=1S/C37H60N4O15/c38-6-8-46-10-12-48-14-16-50-18-20-52-22-24-54-26-28-56-29-27-55-25-23-53-21-19-51-17-15-49-13-11-47-9-7-39-31-3-1-2-30-34(31)37(45)41(36(30)44)32-4-5-33(42)40-35(32)43/h1-3,32,39H,4-29,38H2,(H,40,42,43). The number of hydrogen-bond donors (Lipinski definition) is 3. The molecule has 56 heavy (non-hydrogen) atoms. The number of piperidine rings is 1. The van der Waals surface area contributed by atoms with Gasteiger partial charge in [-0.15, -0.1) is 0 Å². The van der Waals surface area contributed by atoms with Gasteiger partial charge in [-0.2, -0.15) is 0 Å². The molecular weight excluding hydrogens is 740 g/mol. The highest BCUT2D eigenvalue weighted by molar-refractivity contribution is 6.25. The second-order valence-electron chi connectivity index (χ2n) is 12.1. The maximum atomic E-state index is 13.2. The van der Waals surface area contributed by atoms with Gasteiger partial charge < -0.3 is 63.2 Å². The van der Waals surface area contributed by atoms with Gasteiger partial charge in [-0.1, -0.05) is 6.07 Å². The van der Waals surface area contributed by atoms with E-state index in [0.29, 0.717) is 164 Å². The minimum absolute atomic E-state index is 0.0647. The summed E-state index contributed by atoms with van der Waals surface area (Å²) in [6.07, 6.45) is 0.167. The topological polar surface area (TPSA) is 223 Å². The third-order valence-corrected chi connectivity index (χ3v) is 8.01. The van der Waals surface area contributed by atoms with Crippen LogP contribution in [0.5, 0.6) is 0 Å². The zero-order valence-electron chi connectivity index (χ0n) is 32.3. The summed E-state index contributed by atoms with van der Waals surface area (Å²) in [7, 11) is 0. The molecule has 3 rings (SSSR count). The van der Waals surface area contributed by atoms with Gasteiger partial charge in [0.15, 0.2) is 0 Å². The first-order valence-corrected chi connectivity index (χ1v) is 19.2. The molecule has 2 heterocycles. The smallest absolute Gasteiger partial charge is 0.264 e. The van der Waals surface area contributed by atoms with Crippen molar-refractivity contribution < 1.29 is 71.3 Å². The number of rotatable bonds is 37. The molecule has 1 aromatic rings. The summed E-state index contributed by atoms with van der Waals surface area (Å²) in [5.41, 5.74) is 6.24. The van der Waals surface area contributed by atoms with E-state index in [-0.39, 0.29) is 24.0 Å². The monoisotopic (exact) mass is 800 g/mol. The molecular formula is C37H60N4O15. The van der Waals surface area contributed by atoms with Crippen LogP contribution in [-0.4, -0.2) is 193 Å². The van der Waals surface area contributed by atoms with Crippen LogP contribution in [0.3, 0.4) is 0 Å². The lowest BCUT2D eigenvalue weighted by atomic mass is 10.0. The summed E-state index contributed by atoms with van der Waals surface area (Å²) in [5, 5.41) is 5.33. The van der Waals surface area contributed by atoms with Crippen molar-refractivity contribution in [2.45, 2.75) is 18.9 Å². The molecule has 1 atom stereocenters. The third-order valence-electron chi connectivity index (χ3n) is 8.01. The normalized spacial score (nSPS) is 15.5. The Bertz CT molecular complexity index is 1260. The quantitative estimate of drug-likeness (QED) is 0.0578. The number of nitrogens with one attached hydrogen (secondary N) is 2. The number of benzene rings is 1. The van der Waals surface area contributed by atoms with Gasteiger partial charge in [-0.3, -0.25) is 29.4 Å². The Morgan fingerprint density at radius 2 is 0.946 bits per heavy atom. The van der Waals surface area contributed by atoms with Crippen LogP contribution in [0.25, 0.3) is 0 Å². The van der Waals surface area contributed by atoms with Gasteiger partial charge in [0, 0.05) is 25.2 Å². The Kier molecular flexibility index (Phi) is 26.0. The molecule has 2 aliphatic heterocycles. The largest absolute Gasteiger partial charge is 0.382 e. The van der Waals surface area contributed by atoms with Gasteiger partial charge >= 0.3 is 0 Å². The van der Waals surface area contributed by atoms with Crippen LogP contribution >= 0.6 is 0 Å². The molecule has 1 fully saturated rings. The summed E-state index contributed by atoms with van der Waals surface area (Å²) in [6, 6.07) is 3.90. The number of fused-ring (bicyclic) bond motifs is 1. The van der Waals surface area contributed by atoms with Crippen LogP contribution in [0.4, 0.5) is 5.69 Å². The number of nitrogens with two attached hydrogens (primary N) is 1. The number of imide groups is 2. The predicted octanol–water partition coefficient (Wildman–Crippen LogP) is -0.359. The Labute approximate surface area is 328 Å². The van der Waals surface area contributed by atoms with Crippen molar-refractivity contribution in [3.8, 4) is 0 Å². The lowest BCUT2D eigenvalue weighted by Crippen LogP contribution is -2.54. The van der Waals surface area contributed by atoms with Gasteiger partial charge in [-0.25, -0.2) is 0 Å². The fourth-order valence-corrected chi connectivity index (χ4v) is 5.30. The van der Waals surface area contributed by atoms with E-state index in [9.17, 15) is 19.2 Å². The van der Waals surface area contributed by atoms with E-state index in [2.05, 4.69) is 10.6 Å². The lowest BCUT2D eigenvalue weighted by molar-refractivity contribution is -0.136. The first-order chi connectivity index (χ1) is 27.5. The first-order valence-electron chi connectivity index (χ1n) is 19.2. The van der Waals surface area contributed by atoms with Crippen LogP contribution in [0.2, 0.25) is 0 Å². The number of ether oxygens (including phenoxy) is 11. The van der Waals surface area contributed by atoms with Crippen LogP contribution < -0.4 is 16.4 Å². The van der Waals surface area contributed by atoms with Gasteiger partial charge in [0.1, 0.15) is 6.04 Å². The second kappa shape index (κ2) is 30.9. The van der Waals surface area contributed by atoms with Gasteiger partial charge in [0.2, 0.25) is 11.8 Å². The molecule has 0 aliphatic carbocycles. The number of amides is 4. The van der Waals surface area contributed by atoms with E-state index in [1.54, 1.807) is 18.2 Å². The molecule has 0 saturated carbocycles. The molecule has 0 spiro atoms. The number of carbonyl (C=O) groups is 4. The zero-order valence-corrected chi connectivity index (χ0v) is 32.3. The van der Waals surface area contributed by atoms with E-state index >= 15 is 0 Å². The van der Waals surface area contributed by atoms with Crippen LogP contribution in [-0.2, 0) is 61.7 Å². The molecule has 19 nitrogen and oxygen atoms in total. The predicted molar refractivity (Wildman–Crippen MR) is 200 cm³/mol. The van der Waals surface area contributed by atoms with Crippen molar-refractivity contribution in [1.82, 2.24) is 10.2 Å². The number of anilines is 1. The van der Waals surface area contributed by atoms with E-state index in [1.807, 2.05) is 0 Å². The second-order valence-corrected chi connectivity index (χ2v) is 12.1. The van der Waals surface area contributed by atoms with E-state index in [4.69, 9.17) is 57.8 Å². The molecule has 4 N–H and O–H groups in total. The molecule has 4 amide bonds. The van der Waals surface area contributed by atoms with Crippen molar-refractivity contribution in [3.05, 3.63) is 29.3 Å². The summed E-state index contributed by atoms with van der Waals surface area (Å²) < 4.78 is 60.0. The number of nitrogens with zero attached hydrogens (tertiary/aromatic N) is 1. The van der Waals surface area contributed by atoms with Crippen LogP contribution in [0.1, 0.15) is 33.6 Å². The first kappa shape index (κ1) is 47.2. The van der Waals surface area contributed by atoms with Crippen molar-refractivity contribution in [3.63, 3.8) is 0 Å². The van der Waals surface area contributed by atoms with Gasteiger partial charge in [0.05, 0.1) is 156 Å². The van der Waals surface area contributed by atoms with E-state index in [0.717, 1.165) is 4.90 Å². The highest BCUT2D eigenvalue weighted by atomic mass is 16.6. The molecule has 1 unspecified atom stereocenters. The minimum Gasteiger partial charge on any atom is -0.382 e. The van der Waals surface area contributed by atoms with Gasteiger partial charge in [0.25, 0.3) is 11.8 Å². The maximum Gasteiger partial charge on any atom is 0.264 e. The van der Waals surface area contributed by atoms with Crippen molar-refractivity contribution >= 4 is 29.3 Å². The highest BCUT2D eigenvalue weighted by Crippen LogP contribution is 2.32. The molecule has 2 aliphatic rings. The minimum atomic E-state index is -1.01. The Morgan fingerprint density at radius 1 is 0.554 bits per heavy atom. The summed E-state index contributed by atoms with van der Waals surface area (Å²) in [5.74, 6) is -2.17. The van der Waals surface area contributed by atoms with Crippen molar-refractivity contribution in [2.24, 2.45) is 5.73 Å². The lowest BCUT2D eigenvalue weighted by Gasteiger charge is -2.27. The molecule has 1 saturated heterocycles. The van der Waals surface area contributed by atoms with Gasteiger partial charge in [-0.05, 0) is 18.6 Å². The van der Waals surface area contributed by atoms with E-state index in [1.165, 1.54) is 0 Å². The summed E-state index contributed by atoms with van der Waals surface area (Å²) in [6.45, 7) is 11.2. The average Bonchev–Trinajstić information content (AvgIpc) is 3.45. The molecule has 0 bridgehead atoms. The fraction of sp³-hybridized carbons (Fsp3) is 0.730. The highest BCUT2D eigenvalue weighted by Gasteiger charge is 2.45. The molecule has 318 valence electrons. The van der Waals surface area contributed by atoms with Crippen LogP contribution in [0.15, 0.2) is 18.2 Å². The Balaban J connectivity index is 1.00.